The third kappa shape index (κ3) is 3.13. The molecule has 5 heteroatoms. The van der Waals surface area contributed by atoms with Crippen molar-refractivity contribution in [3.63, 3.8) is 0 Å². The molecule has 0 aromatic carbocycles. The second kappa shape index (κ2) is 5.10. The SMILES string of the molecule is CCN([Si](C)(C)N(C)C)[Si](C)(C)N(C)C. The molecule has 0 aliphatic rings. The van der Waals surface area contributed by atoms with Gasteiger partial charge in [0.05, 0.1) is 0 Å². The maximum absolute atomic E-state index is 2.78. The highest BCUT2D eigenvalue weighted by Gasteiger charge is 2.43. The molecule has 0 unspecified atom stereocenters. The van der Waals surface area contributed by atoms with E-state index in [1.54, 1.807) is 0 Å². The van der Waals surface area contributed by atoms with Crippen LogP contribution < -0.4 is 0 Å². The summed E-state index contributed by atoms with van der Waals surface area (Å²) in [6, 6.07) is 0. The number of nitrogens with zero attached hydrogens (tertiary/aromatic N) is 3. The number of rotatable bonds is 5. The van der Waals surface area contributed by atoms with Crippen molar-refractivity contribution >= 4 is 16.8 Å². The normalized spacial score (nSPS) is 14.4. The molecule has 92 valence electrons. The van der Waals surface area contributed by atoms with Crippen LogP contribution in [-0.4, -0.2) is 64.9 Å². The van der Waals surface area contributed by atoms with Crippen molar-refractivity contribution in [2.24, 2.45) is 0 Å². The molecule has 0 heterocycles. The molecule has 0 aromatic rings. The average Bonchev–Trinajstić information content (AvgIpc) is 2.03. The molecule has 0 N–H and O–H groups in total. The number of hydrogen-bond donors (Lipinski definition) is 0. The van der Waals surface area contributed by atoms with Gasteiger partial charge in [-0.25, -0.2) is 0 Å². The highest BCUT2D eigenvalue weighted by atomic mass is 28.4. The molecule has 0 saturated carbocycles. The zero-order valence-corrected chi connectivity index (χ0v) is 14.0. The average molecular weight is 248 g/mol. The van der Waals surface area contributed by atoms with E-state index in [9.17, 15) is 0 Å². The van der Waals surface area contributed by atoms with Crippen molar-refractivity contribution in [2.75, 3.05) is 34.7 Å². The van der Waals surface area contributed by atoms with Crippen LogP contribution in [0.4, 0.5) is 0 Å². The molecule has 0 amide bonds. The minimum atomic E-state index is -1.42. The maximum Gasteiger partial charge on any atom is 0.194 e. The molecule has 0 radical (unpaired) electrons. The summed E-state index contributed by atoms with van der Waals surface area (Å²) in [4.78, 5) is 0. The molecule has 0 bridgehead atoms. The van der Waals surface area contributed by atoms with E-state index in [2.05, 4.69) is 74.7 Å². The molecule has 0 fully saturated rings. The van der Waals surface area contributed by atoms with Gasteiger partial charge in [-0.1, -0.05) is 6.92 Å². The fraction of sp³-hybridized carbons (Fsp3) is 1.00. The Kier molecular flexibility index (Phi) is 5.20. The number of hydrogen-bond acceptors (Lipinski definition) is 3. The van der Waals surface area contributed by atoms with E-state index in [-0.39, 0.29) is 0 Å². The lowest BCUT2D eigenvalue weighted by Gasteiger charge is -2.51. The van der Waals surface area contributed by atoms with E-state index in [1.165, 1.54) is 0 Å². The Labute approximate surface area is 98.4 Å². The third-order valence-electron chi connectivity index (χ3n) is 3.83. The first-order valence-electron chi connectivity index (χ1n) is 5.71. The van der Waals surface area contributed by atoms with Gasteiger partial charge < -0.3 is 13.4 Å². The molecule has 0 aromatic heterocycles. The lowest BCUT2D eigenvalue weighted by Crippen LogP contribution is -2.72. The van der Waals surface area contributed by atoms with Gasteiger partial charge in [-0.3, -0.25) is 0 Å². The van der Waals surface area contributed by atoms with Crippen molar-refractivity contribution in [1.29, 1.82) is 0 Å². The van der Waals surface area contributed by atoms with Crippen molar-refractivity contribution < 1.29 is 0 Å². The minimum Gasteiger partial charge on any atom is -0.322 e. The van der Waals surface area contributed by atoms with Crippen LogP contribution in [-0.2, 0) is 0 Å². The van der Waals surface area contributed by atoms with Gasteiger partial charge in [-0.15, -0.1) is 0 Å². The van der Waals surface area contributed by atoms with Crippen LogP contribution in [0.15, 0.2) is 0 Å². The Bertz CT molecular complexity index is 183. The van der Waals surface area contributed by atoms with Crippen molar-refractivity contribution in [1.82, 2.24) is 13.4 Å². The largest absolute Gasteiger partial charge is 0.322 e. The highest BCUT2D eigenvalue weighted by molar-refractivity contribution is 6.88. The topological polar surface area (TPSA) is 9.72 Å². The van der Waals surface area contributed by atoms with Crippen LogP contribution in [0.3, 0.4) is 0 Å². The van der Waals surface area contributed by atoms with Crippen LogP contribution in [0, 0.1) is 0 Å². The smallest absolute Gasteiger partial charge is 0.194 e. The first-order valence-corrected chi connectivity index (χ1v) is 11.5. The summed E-state index contributed by atoms with van der Waals surface area (Å²) >= 11 is 0. The summed E-state index contributed by atoms with van der Waals surface area (Å²) in [5.41, 5.74) is 0. The Morgan fingerprint density at radius 1 is 0.733 bits per heavy atom. The lowest BCUT2D eigenvalue weighted by atomic mass is 10.8. The molecule has 0 spiro atoms. The van der Waals surface area contributed by atoms with E-state index < -0.39 is 16.8 Å². The lowest BCUT2D eigenvalue weighted by molar-refractivity contribution is 0.461. The summed E-state index contributed by atoms with van der Waals surface area (Å²) in [6.07, 6.45) is 0. The maximum atomic E-state index is 2.78. The predicted molar refractivity (Wildman–Crippen MR) is 74.7 cm³/mol. The highest BCUT2D eigenvalue weighted by Crippen LogP contribution is 2.22. The van der Waals surface area contributed by atoms with Crippen molar-refractivity contribution in [3.8, 4) is 0 Å². The second-order valence-corrected chi connectivity index (χ2v) is 14.8. The van der Waals surface area contributed by atoms with Gasteiger partial charge in [0, 0.05) is 0 Å². The van der Waals surface area contributed by atoms with Crippen molar-refractivity contribution in [3.05, 3.63) is 0 Å². The van der Waals surface area contributed by atoms with E-state index in [1.807, 2.05) is 0 Å². The van der Waals surface area contributed by atoms with E-state index in [0.717, 1.165) is 6.54 Å². The van der Waals surface area contributed by atoms with Crippen LogP contribution in [0.5, 0.6) is 0 Å². The van der Waals surface area contributed by atoms with Gasteiger partial charge in [0.25, 0.3) is 0 Å². The molecule has 0 aliphatic carbocycles. The minimum absolute atomic E-state index is 1.16. The Morgan fingerprint density at radius 2 is 1.00 bits per heavy atom. The molecule has 0 aliphatic heterocycles. The summed E-state index contributed by atoms with van der Waals surface area (Å²) in [6.45, 7) is 13.2. The van der Waals surface area contributed by atoms with Gasteiger partial charge in [0.2, 0.25) is 0 Å². The van der Waals surface area contributed by atoms with Gasteiger partial charge in [-0.05, 0) is 60.9 Å². The Morgan fingerprint density at radius 3 is 1.13 bits per heavy atom. The van der Waals surface area contributed by atoms with E-state index in [4.69, 9.17) is 0 Å². The van der Waals surface area contributed by atoms with E-state index in [0.29, 0.717) is 0 Å². The second-order valence-electron chi connectivity index (χ2n) is 5.52. The first-order chi connectivity index (χ1) is 6.58. The van der Waals surface area contributed by atoms with Crippen LogP contribution in [0.25, 0.3) is 0 Å². The van der Waals surface area contributed by atoms with Gasteiger partial charge in [-0.2, -0.15) is 0 Å². The zero-order valence-electron chi connectivity index (χ0n) is 12.0. The first kappa shape index (κ1) is 15.3. The molecule has 3 nitrogen and oxygen atoms in total. The monoisotopic (exact) mass is 247 g/mol. The fourth-order valence-electron chi connectivity index (χ4n) is 1.93. The Hall–Kier alpha value is 0.314. The summed E-state index contributed by atoms with van der Waals surface area (Å²) < 4.78 is 7.66. The molecule has 0 atom stereocenters. The molecular weight excluding hydrogens is 218 g/mol. The molecular formula is C10H29N3Si2. The fourth-order valence-corrected chi connectivity index (χ4v) is 11.0. The summed E-state index contributed by atoms with van der Waals surface area (Å²) in [5, 5.41) is 0. The molecule has 0 saturated heterocycles. The van der Waals surface area contributed by atoms with E-state index >= 15 is 0 Å². The summed E-state index contributed by atoms with van der Waals surface area (Å²) in [7, 11) is 6.03. The zero-order chi connectivity index (χ0) is 12.4. The predicted octanol–water partition coefficient (Wildman–Crippen LogP) is 1.84. The van der Waals surface area contributed by atoms with Crippen LogP contribution in [0.1, 0.15) is 6.92 Å². The molecule has 15 heavy (non-hydrogen) atoms. The summed E-state index contributed by atoms with van der Waals surface area (Å²) in [5.74, 6) is 0. The van der Waals surface area contributed by atoms with Gasteiger partial charge >= 0.3 is 0 Å². The van der Waals surface area contributed by atoms with Gasteiger partial charge in [0.1, 0.15) is 0 Å². The standard InChI is InChI=1S/C10H29N3Si2/c1-10-13(14(6,7)11(2)3)15(8,9)12(4)5/h10H2,1-9H3. The van der Waals surface area contributed by atoms with Crippen LogP contribution >= 0.6 is 0 Å². The molecule has 0 rings (SSSR count). The Balaban J connectivity index is 5.07. The van der Waals surface area contributed by atoms with Gasteiger partial charge in [0.15, 0.2) is 16.8 Å². The quantitative estimate of drug-likeness (QED) is 0.687. The third-order valence-corrected chi connectivity index (χ3v) is 14.8. The van der Waals surface area contributed by atoms with Crippen molar-refractivity contribution in [2.45, 2.75) is 33.1 Å². The van der Waals surface area contributed by atoms with Crippen LogP contribution in [0.2, 0.25) is 26.2 Å².